The minimum Gasteiger partial charge on any atom is -0.353 e. The summed E-state index contributed by atoms with van der Waals surface area (Å²) >= 11 is 0. The molecular formula is C21H31N3O3. The first-order valence-corrected chi connectivity index (χ1v) is 11.0. The van der Waals surface area contributed by atoms with Crippen molar-refractivity contribution < 1.29 is 14.4 Å². The van der Waals surface area contributed by atoms with Crippen molar-refractivity contribution in [3.63, 3.8) is 0 Å². The van der Waals surface area contributed by atoms with Crippen LogP contribution in [0.2, 0.25) is 0 Å². The van der Waals surface area contributed by atoms with Crippen LogP contribution in [0.15, 0.2) is 0 Å². The van der Waals surface area contributed by atoms with E-state index in [1.54, 1.807) is 0 Å². The van der Waals surface area contributed by atoms with Gasteiger partial charge in [-0.15, -0.1) is 0 Å². The van der Waals surface area contributed by atoms with Gasteiger partial charge in [0.1, 0.15) is 6.04 Å². The van der Waals surface area contributed by atoms with Crippen molar-refractivity contribution >= 4 is 17.8 Å². The van der Waals surface area contributed by atoms with E-state index in [-0.39, 0.29) is 36.3 Å². The second-order valence-electron chi connectivity index (χ2n) is 9.73. The van der Waals surface area contributed by atoms with Gasteiger partial charge in [-0.1, -0.05) is 19.3 Å². The second kappa shape index (κ2) is 6.78. The molecule has 1 heterocycles. The Morgan fingerprint density at radius 2 is 1.59 bits per heavy atom. The molecule has 0 aromatic carbocycles. The first kappa shape index (κ1) is 17.5. The van der Waals surface area contributed by atoms with E-state index in [4.69, 9.17) is 0 Å². The van der Waals surface area contributed by atoms with Crippen molar-refractivity contribution in [2.45, 2.75) is 88.8 Å². The predicted octanol–water partition coefficient (Wildman–Crippen LogP) is 2.57. The normalized spacial score (nSPS) is 41.1. The molecule has 6 aliphatic rings. The molecule has 1 saturated heterocycles. The maximum absolute atomic E-state index is 12.8. The molecule has 6 rings (SSSR count). The van der Waals surface area contributed by atoms with Crippen LogP contribution < -0.4 is 10.6 Å². The molecule has 0 spiro atoms. The van der Waals surface area contributed by atoms with Crippen LogP contribution in [0.4, 0.5) is 4.79 Å². The number of carbonyl (C=O) groups is 3. The number of nitrogens with one attached hydrogen (secondary N) is 2. The molecule has 148 valence electrons. The molecule has 0 unspecified atom stereocenters. The summed E-state index contributed by atoms with van der Waals surface area (Å²) in [5.74, 6) is 2.72. The standard InChI is InChI=1S/C21H31N3O3/c25-18(23-19-14-7-12-6-13(9-14)10-15(19)8-12)11-17-20(26)24(21(27)22-17)16-4-2-1-3-5-16/h12-17,19H,1-11H2,(H,22,27)(H,23,25)/t12?,13?,14?,15?,17-,19?/m1/s1. The van der Waals surface area contributed by atoms with Gasteiger partial charge in [0.25, 0.3) is 5.91 Å². The average Bonchev–Trinajstić information content (AvgIpc) is 2.91. The monoisotopic (exact) mass is 373 g/mol. The average molecular weight is 373 g/mol. The van der Waals surface area contributed by atoms with Crippen molar-refractivity contribution in [1.29, 1.82) is 0 Å². The lowest BCUT2D eigenvalue weighted by molar-refractivity contribution is -0.133. The molecule has 0 radical (unpaired) electrons. The molecule has 0 aromatic heterocycles. The van der Waals surface area contributed by atoms with Gasteiger partial charge in [0, 0.05) is 12.1 Å². The van der Waals surface area contributed by atoms with E-state index in [2.05, 4.69) is 10.6 Å². The minimum atomic E-state index is -0.684. The number of hydrogen-bond donors (Lipinski definition) is 2. The Balaban J connectivity index is 1.19. The maximum atomic E-state index is 12.8. The van der Waals surface area contributed by atoms with Gasteiger partial charge in [-0.25, -0.2) is 4.79 Å². The Hall–Kier alpha value is -1.59. The molecule has 4 amide bonds. The second-order valence-corrected chi connectivity index (χ2v) is 9.73. The lowest BCUT2D eigenvalue weighted by atomic mass is 9.54. The van der Waals surface area contributed by atoms with Gasteiger partial charge in [-0.3, -0.25) is 14.5 Å². The summed E-state index contributed by atoms with van der Waals surface area (Å²) in [7, 11) is 0. The van der Waals surface area contributed by atoms with Crippen molar-refractivity contribution in [3.8, 4) is 0 Å². The van der Waals surface area contributed by atoms with Gasteiger partial charge >= 0.3 is 6.03 Å². The lowest BCUT2D eigenvalue weighted by Gasteiger charge is -2.54. The smallest absolute Gasteiger partial charge is 0.325 e. The van der Waals surface area contributed by atoms with Crippen molar-refractivity contribution in [2.24, 2.45) is 23.7 Å². The largest absolute Gasteiger partial charge is 0.353 e. The summed E-state index contributed by atoms with van der Waals surface area (Å²) in [4.78, 5) is 39.2. The summed E-state index contributed by atoms with van der Waals surface area (Å²) in [6.45, 7) is 0. The summed E-state index contributed by atoms with van der Waals surface area (Å²) in [6, 6.07) is -0.689. The highest BCUT2D eigenvalue weighted by Crippen LogP contribution is 2.53. The third-order valence-electron chi connectivity index (χ3n) is 7.94. The third kappa shape index (κ3) is 3.15. The first-order valence-electron chi connectivity index (χ1n) is 11.0. The first-order chi connectivity index (χ1) is 13.1. The highest BCUT2D eigenvalue weighted by molar-refractivity contribution is 6.06. The molecule has 6 nitrogen and oxygen atoms in total. The van der Waals surface area contributed by atoms with Crippen LogP contribution in [0, 0.1) is 23.7 Å². The molecule has 6 heteroatoms. The summed E-state index contributed by atoms with van der Waals surface area (Å²) in [5.41, 5.74) is 0. The van der Waals surface area contributed by atoms with Gasteiger partial charge < -0.3 is 10.6 Å². The number of imide groups is 1. The van der Waals surface area contributed by atoms with E-state index in [0.717, 1.165) is 37.5 Å². The molecule has 5 aliphatic carbocycles. The van der Waals surface area contributed by atoms with E-state index in [1.165, 1.54) is 43.4 Å². The van der Waals surface area contributed by atoms with Gasteiger partial charge in [0.15, 0.2) is 0 Å². The Morgan fingerprint density at radius 1 is 0.963 bits per heavy atom. The summed E-state index contributed by atoms with van der Waals surface area (Å²) < 4.78 is 0. The van der Waals surface area contributed by atoms with E-state index in [9.17, 15) is 14.4 Å². The molecule has 5 saturated carbocycles. The van der Waals surface area contributed by atoms with E-state index in [1.807, 2.05) is 0 Å². The quantitative estimate of drug-likeness (QED) is 0.744. The van der Waals surface area contributed by atoms with Crippen LogP contribution in [0.25, 0.3) is 0 Å². The summed E-state index contributed by atoms with van der Waals surface area (Å²) in [6.07, 6.45) is 11.6. The Kier molecular flexibility index (Phi) is 4.40. The van der Waals surface area contributed by atoms with Crippen molar-refractivity contribution in [2.75, 3.05) is 0 Å². The highest BCUT2D eigenvalue weighted by atomic mass is 16.2. The van der Waals surface area contributed by atoms with Crippen LogP contribution in [0.1, 0.15) is 70.6 Å². The molecule has 2 N–H and O–H groups in total. The van der Waals surface area contributed by atoms with Gasteiger partial charge in [0.05, 0.1) is 6.42 Å². The number of hydrogen-bond acceptors (Lipinski definition) is 3. The van der Waals surface area contributed by atoms with Crippen LogP contribution in [0.5, 0.6) is 0 Å². The molecule has 0 aromatic rings. The fourth-order valence-corrected chi connectivity index (χ4v) is 6.96. The highest BCUT2D eigenvalue weighted by Gasteiger charge is 2.49. The number of rotatable bonds is 4. The SMILES string of the molecule is O=C(C[C@H]1NC(=O)N(C2CCCCC2)C1=O)NC1C2CC3CC(C2)CC1C3. The lowest BCUT2D eigenvalue weighted by Crippen LogP contribution is -2.56. The van der Waals surface area contributed by atoms with Gasteiger partial charge in [0.2, 0.25) is 5.91 Å². The van der Waals surface area contributed by atoms with E-state index >= 15 is 0 Å². The number of carbonyl (C=O) groups excluding carboxylic acids is 3. The zero-order chi connectivity index (χ0) is 18.5. The number of nitrogens with zero attached hydrogens (tertiary/aromatic N) is 1. The van der Waals surface area contributed by atoms with Crippen LogP contribution in [-0.4, -0.2) is 40.9 Å². The fraction of sp³-hybridized carbons (Fsp3) is 0.857. The molecule has 6 fully saturated rings. The summed E-state index contributed by atoms with van der Waals surface area (Å²) in [5, 5.41) is 6.02. The fourth-order valence-electron chi connectivity index (χ4n) is 6.96. The topological polar surface area (TPSA) is 78.5 Å². The molecule has 1 atom stereocenters. The van der Waals surface area contributed by atoms with E-state index in [0.29, 0.717) is 11.8 Å². The number of urea groups is 1. The van der Waals surface area contributed by atoms with Crippen molar-refractivity contribution in [3.05, 3.63) is 0 Å². The van der Waals surface area contributed by atoms with Gasteiger partial charge in [-0.2, -0.15) is 0 Å². The Bertz CT molecular complexity index is 615. The third-order valence-corrected chi connectivity index (χ3v) is 7.94. The molecule has 1 aliphatic heterocycles. The minimum absolute atomic E-state index is 0.0173. The predicted molar refractivity (Wildman–Crippen MR) is 99.6 cm³/mol. The molecular weight excluding hydrogens is 342 g/mol. The van der Waals surface area contributed by atoms with E-state index < -0.39 is 6.04 Å². The van der Waals surface area contributed by atoms with Crippen LogP contribution in [-0.2, 0) is 9.59 Å². The van der Waals surface area contributed by atoms with Gasteiger partial charge in [-0.05, 0) is 68.6 Å². The zero-order valence-corrected chi connectivity index (χ0v) is 16.0. The Morgan fingerprint density at radius 3 is 2.22 bits per heavy atom. The van der Waals surface area contributed by atoms with Crippen LogP contribution >= 0.6 is 0 Å². The van der Waals surface area contributed by atoms with Crippen molar-refractivity contribution in [1.82, 2.24) is 15.5 Å². The maximum Gasteiger partial charge on any atom is 0.325 e. The molecule has 27 heavy (non-hydrogen) atoms. The van der Waals surface area contributed by atoms with Crippen LogP contribution in [0.3, 0.4) is 0 Å². The number of amides is 4. The Labute approximate surface area is 160 Å². The zero-order valence-electron chi connectivity index (χ0n) is 16.0. The molecule has 4 bridgehead atoms.